The van der Waals surface area contributed by atoms with Crippen LogP contribution in [-0.2, 0) is 6.42 Å². The number of aromatic nitrogens is 5. The summed E-state index contributed by atoms with van der Waals surface area (Å²) >= 11 is 0. The van der Waals surface area contributed by atoms with Gasteiger partial charge in [-0.05, 0) is 33.3 Å². The van der Waals surface area contributed by atoms with Crippen LogP contribution in [0.4, 0.5) is 22.0 Å². The second-order valence-corrected chi connectivity index (χ2v) is 7.91. The molecule has 1 fully saturated rings. The quantitative estimate of drug-likeness (QED) is 0.623. The van der Waals surface area contributed by atoms with Crippen molar-refractivity contribution >= 4 is 41.4 Å². The second-order valence-electron chi connectivity index (χ2n) is 7.91. The van der Waals surface area contributed by atoms with Crippen molar-refractivity contribution in [1.82, 2.24) is 29.9 Å². The number of carbonyl (C=O) groups excluding carboxylic acids is 1. The fourth-order valence-corrected chi connectivity index (χ4v) is 4.23. The van der Waals surface area contributed by atoms with Crippen molar-refractivity contribution in [2.75, 3.05) is 41.3 Å². The summed E-state index contributed by atoms with van der Waals surface area (Å²) in [5.41, 5.74) is 3.62. The third-order valence-corrected chi connectivity index (χ3v) is 5.67. The fourth-order valence-electron chi connectivity index (χ4n) is 4.23. The molecule has 5 rings (SSSR count). The first-order valence-corrected chi connectivity index (χ1v) is 10.2. The number of fused-ring (bicyclic) bond motifs is 2. The molecule has 1 atom stereocenters. The van der Waals surface area contributed by atoms with E-state index in [0.29, 0.717) is 35.6 Å². The van der Waals surface area contributed by atoms with Crippen LogP contribution in [0.15, 0.2) is 18.5 Å². The predicted octanol–water partition coefficient (Wildman–Crippen LogP) is 1.95. The number of anilines is 3. The summed E-state index contributed by atoms with van der Waals surface area (Å²) < 4.78 is 1.58. The lowest BCUT2D eigenvalue weighted by molar-refractivity contribution is 0.257. The molecule has 2 N–H and O–H groups in total. The maximum Gasteiger partial charge on any atom is 0.327 e. The summed E-state index contributed by atoms with van der Waals surface area (Å²) in [6, 6.07) is 2.29. The Bertz CT molecular complexity index is 1130. The monoisotopic (exact) mass is 443 g/mol. The maximum absolute atomic E-state index is 13.1. The van der Waals surface area contributed by atoms with Crippen molar-refractivity contribution in [1.29, 1.82) is 0 Å². The Labute approximate surface area is 186 Å². The van der Waals surface area contributed by atoms with Crippen LogP contribution in [0.25, 0.3) is 5.78 Å². The standard InChI is InChI=1S/C20H25N9O.ClH/c1-12-10-27(9-7-21-12)17-4-6-22-18-15(17)5-8-28(18)20(30)25-16-11-29-19(23-13(16)2)24-14(3)26-29;/h4,6,11-12,21H,5,7-10H2,1-3H3,(H,25,30);1H/t12-;/m1./s1. The fraction of sp³-hybridized carbons (Fsp3) is 0.450. The van der Waals surface area contributed by atoms with E-state index in [1.54, 1.807) is 21.8 Å². The lowest BCUT2D eigenvalue weighted by Crippen LogP contribution is -2.49. The number of pyridine rings is 1. The van der Waals surface area contributed by atoms with E-state index in [0.717, 1.165) is 37.4 Å². The normalized spacial score (nSPS) is 18.1. The van der Waals surface area contributed by atoms with Gasteiger partial charge in [0.05, 0.1) is 17.6 Å². The van der Waals surface area contributed by atoms with Crippen molar-refractivity contribution in [3.63, 3.8) is 0 Å². The number of rotatable bonds is 2. The van der Waals surface area contributed by atoms with Crippen LogP contribution >= 0.6 is 12.4 Å². The minimum Gasteiger partial charge on any atom is -0.368 e. The van der Waals surface area contributed by atoms with Gasteiger partial charge in [-0.3, -0.25) is 4.90 Å². The number of nitrogens with one attached hydrogen (secondary N) is 2. The Balaban J connectivity index is 0.00000231. The van der Waals surface area contributed by atoms with Gasteiger partial charge in [-0.25, -0.2) is 19.3 Å². The molecule has 3 aromatic heterocycles. The van der Waals surface area contributed by atoms with Crippen molar-refractivity contribution in [2.45, 2.75) is 33.2 Å². The Morgan fingerprint density at radius 1 is 1.26 bits per heavy atom. The van der Waals surface area contributed by atoms with Crippen LogP contribution in [0.5, 0.6) is 0 Å². The number of piperazine rings is 1. The van der Waals surface area contributed by atoms with E-state index in [2.05, 4.69) is 48.6 Å². The lowest BCUT2D eigenvalue weighted by atomic mass is 10.1. The molecule has 2 aliphatic heterocycles. The summed E-state index contributed by atoms with van der Waals surface area (Å²) in [7, 11) is 0. The van der Waals surface area contributed by atoms with Crippen molar-refractivity contribution in [3.05, 3.63) is 35.5 Å². The molecular formula is C20H26ClN9O. The van der Waals surface area contributed by atoms with Gasteiger partial charge in [-0.2, -0.15) is 10.1 Å². The highest BCUT2D eigenvalue weighted by atomic mass is 35.5. The largest absolute Gasteiger partial charge is 0.368 e. The van der Waals surface area contributed by atoms with Gasteiger partial charge < -0.3 is 15.5 Å². The Kier molecular flexibility index (Phi) is 5.67. The number of carbonyl (C=O) groups is 1. The number of amides is 2. The van der Waals surface area contributed by atoms with Gasteiger partial charge in [0.15, 0.2) is 0 Å². The molecule has 0 spiro atoms. The summed E-state index contributed by atoms with van der Waals surface area (Å²) in [4.78, 5) is 30.4. The van der Waals surface area contributed by atoms with Gasteiger partial charge >= 0.3 is 6.03 Å². The van der Waals surface area contributed by atoms with Gasteiger partial charge in [0.25, 0.3) is 5.78 Å². The number of hydrogen-bond donors (Lipinski definition) is 2. The molecule has 0 bridgehead atoms. The molecule has 164 valence electrons. The molecule has 31 heavy (non-hydrogen) atoms. The van der Waals surface area contributed by atoms with Crippen LogP contribution in [0.2, 0.25) is 0 Å². The van der Waals surface area contributed by atoms with E-state index in [1.165, 1.54) is 5.69 Å². The Hall–Kier alpha value is -2.98. The van der Waals surface area contributed by atoms with Crippen LogP contribution in [0.3, 0.4) is 0 Å². The number of nitrogens with zero attached hydrogens (tertiary/aromatic N) is 7. The zero-order valence-electron chi connectivity index (χ0n) is 17.8. The van der Waals surface area contributed by atoms with Crippen LogP contribution < -0.4 is 20.4 Å². The average molecular weight is 444 g/mol. The average Bonchev–Trinajstić information content (AvgIpc) is 3.30. The molecule has 2 aliphatic rings. The van der Waals surface area contributed by atoms with E-state index < -0.39 is 0 Å². The molecular weight excluding hydrogens is 418 g/mol. The first-order valence-electron chi connectivity index (χ1n) is 10.2. The first-order chi connectivity index (χ1) is 14.5. The topological polar surface area (TPSA) is 104 Å². The van der Waals surface area contributed by atoms with E-state index >= 15 is 0 Å². The lowest BCUT2D eigenvalue weighted by Gasteiger charge is -2.34. The van der Waals surface area contributed by atoms with Crippen LogP contribution in [-0.4, -0.2) is 62.8 Å². The zero-order valence-corrected chi connectivity index (χ0v) is 18.6. The highest BCUT2D eigenvalue weighted by molar-refractivity contribution is 6.03. The molecule has 0 aromatic carbocycles. The highest BCUT2D eigenvalue weighted by Gasteiger charge is 2.30. The number of hydrogen-bond acceptors (Lipinski definition) is 7. The third kappa shape index (κ3) is 3.88. The van der Waals surface area contributed by atoms with Crippen molar-refractivity contribution in [2.24, 2.45) is 0 Å². The van der Waals surface area contributed by atoms with Crippen molar-refractivity contribution in [3.8, 4) is 0 Å². The summed E-state index contributed by atoms with van der Waals surface area (Å²) in [5, 5.41) is 10.7. The molecule has 3 aromatic rings. The third-order valence-electron chi connectivity index (χ3n) is 5.67. The number of halogens is 1. The van der Waals surface area contributed by atoms with Crippen molar-refractivity contribution < 1.29 is 4.79 Å². The molecule has 0 radical (unpaired) electrons. The van der Waals surface area contributed by atoms with Crippen LogP contribution in [0.1, 0.15) is 24.0 Å². The Morgan fingerprint density at radius 2 is 2.10 bits per heavy atom. The van der Waals surface area contributed by atoms with Gasteiger partial charge in [-0.1, -0.05) is 0 Å². The second kappa shape index (κ2) is 8.27. The number of aryl methyl sites for hydroxylation is 2. The molecule has 2 amide bonds. The summed E-state index contributed by atoms with van der Waals surface area (Å²) in [6.07, 6.45) is 4.34. The van der Waals surface area contributed by atoms with Gasteiger partial charge in [0, 0.05) is 49.7 Å². The molecule has 0 aliphatic carbocycles. The Morgan fingerprint density at radius 3 is 2.90 bits per heavy atom. The van der Waals surface area contributed by atoms with E-state index in [9.17, 15) is 4.79 Å². The molecule has 10 nitrogen and oxygen atoms in total. The molecule has 1 saturated heterocycles. The minimum absolute atomic E-state index is 0. The smallest absolute Gasteiger partial charge is 0.327 e. The minimum atomic E-state index is -0.215. The van der Waals surface area contributed by atoms with Gasteiger partial charge in [0.2, 0.25) is 0 Å². The zero-order chi connectivity index (χ0) is 20.8. The number of urea groups is 1. The maximum atomic E-state index is 13.1. The predicted molar refractivity (Wildman–Crippen MR) is 121 cm³/mol. The van der Waals surface area contributed by atoms with Gasteiger partial charge in [-0.15, -0.1) is 12.4 Å². The summed E-state index contributed by atoms with van der Waals surface area (Å²) in [5.74, 6) is 1.89. The van der Waals surface area contributed by atoms with Gasteiger partial charge in [0.1, 0.15) is 11.6 Å². The van der Waals surface area contributed by atoms with Crippen LogP contribution in [0, 0.1) is 13.8 Å². The molecule has 0 unspecified atom stereocenters. The SMILES string of the molecule is Cc1nc2nc(C)c(NC(=O)N3CCc4c(N5CCN[C@H](C)C5)ccnc43)cn2n1.Cl. The first kappa shape index (κ1) is 21.3. The highest BCUT2D eigenvalue weighted by Crippen LogP contribution is 2.34. The molecule has 5 heterocycles. The van der Waals surface area contributed by atoms with E-state index in [-0.39, 0.29) is 18.4 Å². The van der Waals surface area contributed by atoms with E-state index in [1.807, 2.05) is 13.8 Å². The summed E-state index contributed by atoms with van der Waals surface area (Å²) in [6.45, 7) is 9.31. The molecule has 11 heteroatoms. The molecule has 0 saturated carbocycles. The van der Waals surface area contributed by atoms with E-state index in [4.69, 9.17) is 0 Å².